The van der Waals surface area contributed by atoms with Crippen molar-refractivity contribution < 1.29 is 4.42 Å². The lowest BCUT2D eigenvalue weighted by Crippen LogP contribution is -2.15. The maximum absolute atomic E-state index is 6.08. The highest BCUT2D eigenvalue weighted by atomic mass is 16.3. The highest BCUT2D eigenvalue weighted by Gasteiger charge is 2.15. The quantitative estimate of drug-likeness (QED) is 0.777. The molecule has 4 heteroatoms. The Bertz CT molecular complexity index is 431. The third-order valence-corrected chi connectivity index (χ3v) is 2.45. The Morgan fingerprint density at radius 1 is 1.40 bits per heavy atom. The Hall–Kier alpha value is -1.81. The van der Waals surface area contributed by atoms with Gasteiger partial charge in [0.1, 0.15) is 5.82 Å². The molecule has 4 nitrogen and oxygen atoms in total. The van der Waals surface area contributed by atoms with Crippen molar-refractivity contribution in [2.24, 2.45) is 5.73 Å². The fourth-order valence-corrected chi connectivity index (χ4v) is 1.61. The fraction of sp³-hybridized carbons (Fsp3) is 0.182. The minimum Gasteiger partial charge on any atom is -0.472 e. The molecule has 0 aliphatic heterocycles. The largest absolute Gasteiger partial charge is 0.472 e. The van der Waals surface area contributed by atoms with Gasteiger partial charge < -0.3 is 15.9 Å². The second kappa shape index (κ2) is 3.74. The van der Waals surface area contributed by atoms with E-state index in [2.05, 4.69) is 4.98 Å². The monoisotopic (exact) mass is 203 g/mol. The van der Waals surface area contributed by atoms with E-state index in [4.69, 9.17) is 15.9 Å². The number of aryl methyl sites for hydroxylation is 1. The lowest BCUT2D eigenvalue weighted by Gasteiger charge is -2.14. The number of nitrogen functional groups attached to an aromatic ring is 1. The van der Waals surface area contributed by atoms with Crippen LogP contribution < -0.4 is 11.5 Å². The first-order valence-corrected chi connectivity index (χ1v) is 4.69. The number of hydrogen-bond donors (Lipinski definition) is 2. The first kappa shape index (κ1) is 9.73. The topological polar surface area (TPSA) is 78.1 Å². The number of aromatic nitrogens is 1. The van der Waals surface area contributed by atoms with Crippen LogP contribution in [0.25, 0.3) is 0 Å². The van der Waals surface area contributed by atoms with Crippen molar-refractivity contribution in [2.45, 2.75) is 13.0 Å². The van der Waals surface area contributed by atoms with E-state index in [0.29, 0.717) is 5.82 Å². The minimum atomic E-state index is -0.280. The molecule has 0 spiro atoms. The molecule has 1 atom stereocenters. The molecule has 0 amide bonds. The predicted octanol–water partition coefficient (Wildman–Crippen LogP) is 1.61. The number of pyridine rings is 1. The van der Waals surface area contributed by atoms with Gasteiger partial charge in [-0.2, -0.15) is 0 Å². The summed E-state index contributed by atoms with van der Waals surface area (Å²) in [5.74, 6) is 0.476. The number of nitrogens with zero attached hydrogens (tertiary/aromatic N) is 1. The Balaban J connectivity index is 2.46. The van der Waals surface area contributed by atoms with E-state index in [-0.39, 0.29) is 6.04 Å². The summed E-state index contributed by atoms with van der Waals surface area (Å²) in [7, 11) is 0. The molecule has 0 aliphatic carbocycles. The molecule has 2 heterocycles. The summed E-state index contributed by atoms with van der Waals surface area (Å²) in [6.45, 7) is 1.97. The number of furan rings is 1. The van der Waals surface area contributed by atoms with Crippen LogP contribution in [0.1, 0.15) is 22.7 Å². The van der Waals surface area contributed by atoms with Crippen LogP contribution in [0.15, 0.2) is 35.3 Å². The normalized spacial score (nSPS) is 12.7. The Morgan fingerprint density at radius 3 is 2.80 bits per heavy atom. The minimum absolute atomic E-state index is 0.280. The Labute approximate surface area is 87.9 Å². The van der Waals surface area contributed by atoms with E-state index in [1.54, 1.807) is 18.7 Å². The standard InChI is InChI=1S/C11H13N3O/c1-7-2-4-14-11(13)9(7)10(12)8-3-5-15-6-8/h2-6,10H,12H2,1H3,(H2,13,14). The second-order valence-electron chi connectivity index (χ2n) is 3.46. The Kier molecular flexibility index (Phi) is 2.43. The number of hydrogen-bond acceptors (Lipinski definition) is 4. The molecular weight excluding hydrogens is 190 g/mol. The SMILES string of the molecule is Cc1ccnc(N)c1C(N)c1ccoc1. The fourth-order valence-electron chi connectivity index (χ4n) is 1.61. The molecule has 0 bridgehead atoms. The van der Waals surface area contributed by atoms with E-state index in [1.807, 2.05) is 19.1 Å². The molecule has 0 aromatic carbocycles. The van der Waals surface area contributed by atoms with Gasteiger partial charge in [0.05, 0.1) is 18.6 Å². The van der Waals surface area contributed by atoms with Crippen LogP contribution in [0.3, 0.4) is 0 Å². The lowest BCUT2D eigenvalue weighted by molar-refractivity contribution is 0.562. The first-order chi connectivity index (χ1) is 7.20. The molecule has 0 fully saturated rings. The molecule has 2 rings (SSSR count). The third-order valence-electron chi connectivity index (χ3n) is 2.45. The molecule has 15 heavy (non-hydrogen) atoms. The summed E-state index contributed by atoms with van der Waals surface area (Å²) in [4.78, 5) is 4.04. The van der Waals surface area contributed by atoms with Crippen LogP contribution in [0, 0.1) is 6.92 Å². The summed E-state index contributed by atoms with van der Waals surface area (Å²) >= 11 is 0. The van der Waals surface area contributed by atoms with Gasteiger partial charge in [-0.3, -0.25) is 0 Å². The van der Waals surface area contributed by atoms with E-state index in [1.165, 1.54) is 0 Å². The van der Waals surface area contributed by atoms with Gasteiger partial charge in [0.2, 0.25) is 0 Å². The van der Waals surface area contributed by atoms with Gasteiger partial charge in [0, 0.05) is 17.3 Å². The molecule has 2 aromatic heterocycles. The van der Waals surface area contributed by atoms with E-state index >= 15 is 0 Å². The van der Waals surface area contributed by atoms with Crippen molar-refractivity contribution in [3.05, 3.63) is 47.5 Å². The summed E-state index contributed by atoms with van der Waals surface area (Å²) in [6, 6.07) is 3.44. The van der Waals surface area contributed by atoms with Crippen molar-refractivity contribution in [1.29, 1.82) is 0 Å². The molecule has 78 valence electrons. The summed E-state index contributed by atoms with van der Waals surface area (Å²) in [5.41, 5.74) is 14.7. The molecule has 4 N–H and O–H groups in total. The zero-order valence-corrected chi connectivity index (χ0v) is 8.47. The second-order valence-corrected chi connectivity index (χ2v) is 3.46. The number of nitrogens with two attached hydrogens (primary N) is 2. The number of anilines is 1. The van der Waals surface area contributed by atoms with Gasteiger partial charge in [-0.25, -0.2) is 4.98 Å². The van der Waals surface area contributed by atoms with E-state index < -0.39 is 0 Å². The predicted molar refractivity (Wildman–Crippen MR) is 58.1 cm³/mol. The average Bonchev–Trinajstić information content (AvgIpc) is 2.69. The summed E-state index contributed by atoms with van der Waals surface area (Å²) in [5, 5.41) is 0. The van der Waals surface area contributed by atoms with Crippen LogP contribution in [-0.2, 0) is 0 Å². The van der Waals surface area contributed by atoms with Crippen LogP contribution in [0.4, 0.5) is 5.82 Å². The van der Waals surface area contributed by atoms with Gasteiger partial charge in [-0.15, -0.1) is 0 Å². The zero-order chi connectivity index (χ0) is 10.8. The van der Waals surface area contributed by atoms with Gasteiger partial charge in [0.15, 0.2) is 0 Å². The van der Waals surface area contributed by atoms with E-state index in [9.17, 15) is 0 Å². The van der Waals surface area contributed by atoms with Crippen molar-refractivity contribution in [2.75, 3.05) is 5.73 Å². The molecule has 0 saturated carbocycles. The van der Waals surface area contributed by atoms with E-state index in [0.717, 1.165) is 16.7 Å². The van der Waals surface area contributed by atoms with Gasteiger partial charge in [-0.05, 0) is 24.6 Å². The molecular formula is C11H13N3O. The highest BCUT2D eigenvalue weighted by molar-refractivity contribution is 5.49. The molecule has 0 radical (unpaired) electrons. The average molecular weight is 203 g/mol. The maximum Gasteiger partial charge on any atom is 0.128 e. The molecule has 2 aromatic rings. The van der Waals surface area contributed by atoms with Crippen molar-refractivity contribution in [1.82, 2.24) is 4.98 Å². The van der Waals surface area contributed by atoms with Gasteiger partial charge in [0.25, 0.3) is 0 Å². The van der Waals surface area contributed by atoms with Crippen LogP contribution in [-0.4, -0.2) is 4.98 Å². The number of rotatable bonds is 2. The van der Waals surface area contributed by atoms with Crippen molar-refractivity contribution >= 4 is 5.82 Å². The van der Waals surface area contributed by atoms with Crippen LogP contribution in [0.5, 0.6) is 0 Å². The lowest BCUT2D eigenvalue weighted by atomic mass is 9.99. The van der Waals surface area contributed by atoms with Crippen LogP contribution >= 0.6 is 0 Å². The van der Waals surface area contributed by atoms with Gasteiger partial charge in [-0.1, -0.05) is 0 Å². The Morgan fingerprint density at radius 2 is 2.20 bits per heavy atom. The van der Waals surface area contributed by atoms with Crippen molar-refractivity contribution in [3.8, 4) is 0 Å². The molecule has 0 aliphatic rings. The zero-order valence-electron chi connectivity index (χ0n) is 8.47. The maximum atomic E-state index is 6.08. The van der Waals surface area contributed by atoms with Crippen molar-refractivity contribution in [3.63, 3.8) is 0 Å². The highest BCUT2D eigenvalue weighted by Crippen LogP contribution is 2.26. The summed E-state index contributed by atoms with van der Waals surface area (Å²) < 4.78 is 5.00. The smallest absolute Gasteiger partial charge is 0.128 e. The molecule has 1 unspecified atom stereocenters. The third kappa shape index (κ3) is 1.71. The van der Waals surface area contributed by atoms with Gasteiger partial charge >= 0.3 is 0 Å². The first-order valence-electron chi connectivity index (χ1n) is 4.69. The molecule has 0 saturated heterocycles. The summed E-state index contributed by atoms with van der Waals surface area (Å²) in [6.07, 6.45) is 4.89. The van der Waals surface area contributed by atoms with Crippen LogP contribution in [0.2, 0.25) is 0 Å².